The number of methoxy groups -OCH3 is 1. The molecule has 0 radical (unpaired) electrons. The first-order chi connectivity index (χ1) is 9.47. The maximum absolute atomic E-state index is 11.8. The molecule has 0 heterocycles. The highest BCUT2D eigenvalue weighted by molar-refractivity contribution is 5.93. The summed E-state index contributed by atoms with van der Waals surface area (Å²) in [5, 5.41) is 14.0. The Morgan fingerprint density at radius 2 is 2.10 bits per heavy atom. The lowest BCUT2D eigenvalue weighted by molar-refractivity contribution is -0.139. The van der Waals surface area contributed by atoms with Crippen LogP contribution in [-0.2, 0) is 4.79 Å². The predicted octanol–water partition coefficient (Wildman–Crippen LogP) is 2.38. The maximum Gasteiger partial charge on any atom is 0.326 e. The van der Waals surface area contributed by atoms with E-state index in [0.717, 1.165) is 5.56 Å². The van der Waals surface area contributed by atoms with Crippen molar-refractivity contribution in [3.8, 4) is 5.75 Å². The standard InChI is InChI=1S/C14H20N2O4/c1-4-5-10(13(17)18)15-14(19)16-11-8-9(2)6-7-12(11)20-3/h6-8,10H,4-5H2,1-3H3,(H,17,18)(H2,15,16,19)/t10-/m0/s1. The summed E-state index contributed by atoms with van der Waals surface area (Å²) >= 11 is 0. The van der Waals surface area contributed by atoms with E-state index in [9.17, 15) is 9.59 Å². The molecule has 0 saturated carbocycles. The highest BCUT2D eigenvalue weighted by atomic mass is 16.5. The van der Waals surface area contributed by atoms with E-state index >= 15 is 0 Å². The van der Waals surface area contributed by atoms with Crippen LogP contribution in [0.25, 0.3) is 0 Å². The van der Waals surface area contributed by atoms with Gasteiger partial charge in [-0.1, -0.05) is 19.4 Å². The monoisotopic (exact) mass is 280 g/mol. The third-order valence-corrected chi connectivity index (χ3v) is 2.78. The number of aryl methyl sites for hydroxylation is 1. The van der Waals surface area contributed by atoms with Crippen LogP contribution in [0.5, 0.6) is 5.75 Å². The van der Waals surface area contributed by atoms with Gasteiger partial charge in [-0.3, -0.25) is 0 Å². The molecule has 0 aromatic heterocycles. The highest BCUT2D eigenvalue weighted by Crippen LogP contribution is 2.24. The van der Waals surface area contributed by atoms with Gasteiger partial charge < -0.3 is 20.5 Å². The van der Waals surface area contributed by atoms with Crippen molar-refractivity contribution in [3.05, 3.63) is 23.8 Å². The summed E-state index contributed by atoms with van der Waals surface area (Å²) in [6, 6.07) is 3.91. The van der Waals surface area contributed by atoms with E-state index in [-0.39, 0.29) is 0 Å². The van der Waals surface area contributed by atoms with Gasteiger partial charge in [-0.05, 0) is 31.0 Å². The molecule has 0 spiro atoms. The fraction of sp³-hybridized carbons (Fsp3) is 0.429. The molecule has 1 rings (SSSR count). The molecule has 6 heteroatoms. The molecular formula is C14H20N2O4. The summed E-state index contributed by atoms with van der Waals surface area (Å²) in [6.07, 6.45) is 1.05. The SMILES string of the molecule is CCC[C@H](NC(=O)Nc1cc(C)ccc1OC)C(=O)O. The lowest BCUT2D eigenvalue weighted by atomic mass is 10.2. The van der Waals surface area contributed by atoms with Gasteiger partial charge in [0.15, 0.2) is 0 Å². The molecule has 0 saturated heterocycles. The number of urea groups is 1. The van der Waals surface area contributed by atoms with E-state index in [0.29, 0.717) is 24.3 Å². The van der Waals surface area contributed by atoms with Crippen LogP contribution in [-0.4, -0.2) is 30.3 Å². The molecule has 0 aliphatic heterocycles. The van der Waals surface area contributed by atoms with E-state index in [1.54, 1.807) is 12.1 Å². The molecule has 0 unspecified atom stereocenters. The van der Waals surface area contributed by atoms with Crippen LogP contribution in [0.15, 0.2) is 18.2 Å². The number of carboxylic acids is 1. The van der Waals surface area contributed by atoms with Crippen molar-refractivity contribution in [1.29, 1.82) is 0 Å². The summed E-state index contributed by atoms with van der Waals surface area (Å²) in [6.45, 7) is 3.75. The summed E-state index contributed by atoms with van der Waals surface area (Å²) in [7, 11) is 1.50. The quantitative estimate of drug-likeness (QED) is 0.746. The van der Waals surface area contributed by atoms with Crippen molar-refractivity contribution >= 4 is 17.7 Å². The number of nitrogens with one attached hydrogen (secondary N) is 2. The number of hydrogen-bond acceptors (Lipinski definition) is 3. The van der Waals surface area contributed by atoms with E-state index in [1.165, 1.54) is 7.11 Å². The lowest BCUT2D eigenvalue weighted by Crippen LogP contribution is -2.42. The average molecular weight is 280 g/mol. The van der Waals surface area contributed by atoms with Crippen LogP contribution in [0.1, 0.15) is 25.3 Å². The van der Waals surface area contributed by atoms with Gasteiger partial charge >= 0.3 is 12.0 Å². The largest absolute Gasteiger partial charge is 0.495 e. The fourth-order valence-electron chi connectivity index (χ4n) is 1.78. The van der Waals surface area contributed by atoms with Crippen LogP contribution in [0.2, 0.25) is 0 Å². The minimum absolute atomic E-state index is 0.383. The topological polar surface area (TPSA) is 87.7 Å². The first-order valence-electron chi connectivity index (χ1n) is 6.42. The molecule has 0 aliphatic rings. The number of amides is 2. The van der Waals surface area contributed by atoms with Crippen LogP contribution in [0.4, 0.5) is 10.5 Å². The number of hydrogen-bond donors (Lipinski definition) is 3. The molecule has 1 atom stereocenters. The third kappa shape index (κ3) is 4.46. The normalized spacial score (nSPS) is 11.6. The van der Waals surface area contributed by atoms with Gasteiger partial charge in [0.1, 0.15) is 11.8 Å². The van der Waals surface area contributed by atoms with Crippen molar-refractivity contribution in [2.45, 2.75) is 32.7 Å². The van der Waals surface area contributed by atoms with Crippen LogP contribution >= 0.6 is 0 Å². The molecule has 110 valence electrons. The molecule has 0 aliphatic carbocycles. The predicted molar refractivity (Wildman–Crippen MR) is 76.2 cm³/mol. The molecular weight excluding hydrogens is 260 g/mol. The van der Waals surface area contributed by atoms with Gasteiger partial charge in [-0.25, -0.2) is 9.59 Å². The number of benzene rings is 1. The van der Waals surface area contributed by atoms with Gasteiger partial charge in [0.25, 0.3) is 0 Å². The Labute approximate surface area is 118 Å². The summed E-state index contributed by atoms with van der Waals surface area (Å²) in [4.78, 5) is 22.8. The minimum atomic E-state index is -1.04. The van der Waals surface area contributed by atoms with Gasteiger partial charge in [-0.15, -0.1) is 0 Å². The Hall–Kier alpha value is -2.24. The number of aliphatic carboxylic acids is 1. The van der Waals surface area contributed by atoms with Gasteiger partial charge in [0.05, 0.1) is 12.8 Å². The zero-order valence-corrected chi connectivity index (χ0v) is 11.9. The Balaban J connectivity index is 2.75. The first kappa shape index (κ1) is 15.8. The number of carbonyl (C=O) groups is 2. The van der Waals surface area contributed by atoms with Gasteiger partial charge in [-0.2, -0.15) is 0 Å². The van der Waals surface area contributed by atoms with Gasteiger partial charge in [0.2, 0.25) is 0 Å². The molecule has 6 nitrogen and oxygen atoms in total. The molecule has 2 amide bonds. The fourth-order valence-corrected chi connectivity index (χ4v) is 1.78. The van der Waals surface area contributed by atoms with Crippen molar-refractivity contribution in [2.75, 3.05) is 12.4 Å². The molecule has 20 heavy (non-hydrogen) atoms. The average Bonchev–Trinajstić information content (AvgIpc) is 2.38. The van der Waals surface area contributed by atoms with E-state index in [4.69, 9.17) is 9.84 Å². The van der Waals surface area contributed by atoms with Crippen molar-refractivity contribution in [1.82, 2.24) is 5.32 Å². The summed E-state index contributed by atoms with van der Waals surface area (Å²) < 4.78 is 5.14. The minimum Gasteiger partial charge on any atom is -0.495 e. The maximum atomic E-state index is 11.8. The zero-order chi connectivity index (χ0) is 15.1. The molecule has 3 N–H and O–H groups in total. The van der Waals surface area contributed by atoms with Crippen molar-refractivity contribution in [2.24, 2.45) is 0 Å². The number of carbonyl (C=O) groups excluding carboxylic acids is 1. The second-order valence-corrected chi connectivity index (χ2v) is 4.48. The third-order valence-electron chi connectivity index (χ3n) is 2.78. The summed E-state index contributed by atoms with van der Waals surface area (Å²) in [5.74, 6) is -0.522. The Bertz CT molecular complexity index is 488. The van der Waals surface area contributed by atoms with E-state index in [2.05, 4.69) is 10.6 Å². The zero-order valence-electron chi connectivity index (χ0n) is 11.9. The molecule has 1 aromatic rings. The van der Waals surface area contributed by atoms with E-state index < -0.39 is 18.0 Å². The molecule has 1 aromatic carbocycles. The van der Waals surface area contributed by atoms with Crippen molar-refractivity contribution < 1.29 is 19.4 Å². The molecule has 0 bridgehead atoms. The summed E-state index contributed by atoms with van der Waals surface area (Å²) in [5.41, 5.74) is 1.47. The first-order valence-corrected chi connectivity index (χ1v) is 6.42. The smallest absolute Gasteiger partial charge is 0.326 e. The molecule has 0 fully saturated rings. The Morgan fingerprint density at radius 3 is 2.65 bits per heavy atom. The van der Waals surface area contributed by atoms with E-state index in [1.807, 2.05) is 19.9 Å². The Morgan fingerprint density at radius 1 is 1.40 bits per heavy atom. The highest BCUT2D eigenvalue weighted by Gasteiger charge is 2.19. The second kappa shape index (κ2) is 7.37. The number of carboxylic acid groups (broad SMARTS) is 1. The number of rotatable bonds is 6. The lowest BCUT2D eigenvalue weighted by Gasteiger charge is -2.16. The van der Waals surface area contributed by atoms with Crippen LogP contribution in [0.3, 0.4) is 0 Å². The van der Waals surface area contributed by atoms with Gasteiger partial charge in [0, 0.05) is 0 Å². The second-order valence-electron chi connectivity index (χ2n) is 4.48. The van der Waals surface area contributed by atoms with Crippen LogP contribution in [0, 0.1) is 6.92 Å². The van der Waals surface area contributed by atoms with Crippen molar-refractivity contribution in [3.63, 3.8) is 0 Å². The van der Waals surface area contributed by atoms with Crippen LogP contribution < -0.4 is 15.4 Å². The number of ether oxygens (including phenoxy) is 1. The Kier molecular flexibility index (Phi) is 5.83. The number of anilines is 1.